The molecule has 2 rings (SSSR count). The zero-order valence-corrected chi connectivity index (χ0v) is 13.7. The number of aromatic nitrogens is 2. The second kappa shape index (κ2) is 7.54. The molecule has 7 heteroatoms. The first-order valence-corrected chi connectivity index (χ1v) is 7.48. The first kappa shape index (κ1) is 17.4. The predicted molar refractivity (Wildman–Crippen MR) is 87.9 cm³/mol. The van der Waals surface area contributed by atoms with Gasteiger partial charge < -0.3 is 10.1 Å². The maximum Gasteiger partial charge on any atom is 0.328 e. The Morgan fingerprint density at radius 1 is 1.12 bits per heavy atom. The number of amides is 1. The summed E-state index contributed by atoms with van der Waals surface area (Å²) in [5, 5.41) is 6.67. The first-order chi connectivity index (χ1) is 11.4. The number of ether oxygens (including phenoxy) is 1. The average molecular weight is 329 g/mol. The normalized spacial score (nSPS) is 11.8. The molecule has 1 heterocycles. The van der Waals surface area contributed by atoms with Crippen LogP contribution in [0.1, 0.15) is 24.3 Å². The molecule has 1 aromatic carbocycles. The van der Waals surface area contributed by atoms with Crippen molar-refractivity contribution in [2.24, 2.45) is 5.92 Å². The Labute approximate surface area is 139 Å². The maximum atomic E-state index is 12.4. The van der Waals surface area contributed by atoms with Gasteiger partial charge in [0.15, 0.2) is 0 Å². The van der Waals surface area contributed by atoms with Crippen LogP contribution in [0.5, 0.6) is 0 Å². The number of carbonyl (C=O) groups excluding carboxylic acids is 2. The van der Waals surface area contributed by atoms with Crippen LogP contribution < -0.4 is 10.9 Å². The van der Waals surface area contributed by atoms with Gasteiger partial charge in [-0.3, -0.25) is 9.59 Å². The largest absolute Gasteiger partial charge is 0.467 e. The van der Waals surface area contributed by atoms with Gasteiger partial charge in [-0.1, -0.05) is 32.0 Å². The number of esters is 1. The van der Waals surface area contributed by atoms with E-state index < -0.39 is 17.9 Å². The van der Waals surface area contributed by atoms with Crippen LogP contribution in [0, 0.1) is 5.92 Å². The molecular weight excluding hydrogens is 310 g/mol. The van der Waals surface area contributed by atoms with Crippen LogP contribution in [-0.4, -0.2) is 34.8 Å². The van der Waals surface area contributed by atoms with E-state index in [1.54, 1.807) is 38.1 Å². The Hall–Kier alpha value is -2.96. The number of rotatable bonds is 5. The second-order valence-corrected chi connectivity index (χ2v) is 5.52. The quantitative estimate of drug-likeness (QED) is 0.831. The van der Waals surface area contributed by atoms with E-state index in [9.17, 15) is 14.4 Å². The van der Waals surface area contributed by atoms with E-state index in [-0.39, 0.29) is 17.2 Å². The number of carbonyl (C=O) groups is 2. The Kier molecular flexibility index (Phi) is 5.47. The molecule has 0 spiro atoms. The highest BCUT2D eigenvalue weighted by Crippen LogP contribution is 2.06. The minimum Gasteiger partial charge on any atom is -0.467 e. The van der Waals surface area contributed by atoms with E-state index >= 15 is 0 Å². The van der Waals surface area contributed by atoms with Crippen molar-refractivity contribution < 1.29 is 14.3 Å². The van der Waals surface area contributed by atoms with Gasteiger partial charge in [-0.25, -0.2) is 4.79 Å². The summed E-state index contributed by atoms with van der Waals surface area (Å²) in [5.41, 5.74) is 0.227. The molecule has 2 aromatic rings. The van der Waals surface area contributed by atoms with Crippen molar-refractivity contribution >= 4 is 11.9 Å². The van der Waals surface area contributed by atoms with E-state index in [1.165, 1.54) is 19.2 Å². The molecule has 0 bridgehead atoms. The summed E-state index contributed by atoms with van der Waals surface area (Å²) < 4.78 is 5.83. The van der Waals surface area contributed by atoms with Crippen molar-refractivity contribution in [1.82, 2.24) is 15.1 Å². The summed E-state index contributed by atoms with van der Waals surface area (Å²) in [4.78, 5) is 36.1. The van der Waals surface area contributed by atoms with Gasteiger partial charge in [0.05, 0.1) is 12.8 Å². The minimum atomic E-state index is -0.790. The zero-order valence-electron chi connectivity index (χ0n) is 13.7. The molecule has 1 amide bonds. The molecule has 1 atom stereocenters. The number of methoxy groups -OCH3 is 1. The monoisotopic (exact) mass is 329 g/mol. The molecule has 7 nitrogen and oxygen atoms in total. The lowest BCUT2D eigenvalue weighted by Gasteiger charge is -2.19. The van der Waals surface area contributed by atoms with Crippen LogP contribution >= 0.6 is 0 Å². The third-order valence-corrected chi connectivity index (χ3v) is 3.44. The molecule has 1 unspecified atom stereocenters. The fourth-order valence-electron chi connectivity index (χ4n) is 2.13. The highest BCUT2D eigenvalue weighted by molar-refractivity contribution is 5.95. The number of para-hydroxylation sites is 1. The predicted octanol–water partition coefficient (Wildman–Crippen LogP) is 1.16. The van der Waals surface area contributed by atoms with Crippen LogP contribution in [0.25, 0.3) is 5.69 Å². The smallest absolute Gasteiger partial charge is 0.328 e. The molecule has 0 saturated heterocycles. The molecule has 0 aliphatic rings. The highest BCUT2D eigenvalue weighted by Gasteiger charge is 2.26. The van der Waals surface area contributed by atoms with Crippen molar-refractivity contribution in [3.05, 3.63) is 58.5 Å². The molecule has 0 aliphatic carbocycles. The summed E-state index contributed by atoms with van der Waals surface area (Å²) in [6.45, 7) is 3.58. The van der Waals surface area contributed by atoms with Gasteiger partial charge in [0.1, 0.15) is 11.7 Å². The van der Waals surface area contributed by atoms with Crippen molar-refractivity contribution in [1.29, 1.82) is 0 Å². The lowest BCUT2D eigenvalue weighted by Crippen LogP contribution is -2.45. The summed E-state index contributed by atoms with van der Waals surface area (Å²) in [7, 11) is 1.26. The molecule has 1 N–H and O–H groups in total. The summed E-state index contributed by atoms with van der Waals surface area (Å²) in [6, 6.07) is 10.6. The topological polar surface area (TPSA) is 90.3 Å². The number of nitrogens with one attached hydrogen (secondary N) is 1. The van der Waals surface area contributed by atoms with Crippen molar-refractivity contribution in [3.8, 4) is 5.69 Å². The Bertz CT molecular complexity index is 784. The molecule has 0 aliphatic heterocycles. The standard InChI is InChI=1S/C17H19N3O4/c1-11(2)15(17(23)24-3)18-16(22)13-9-10-14(21)20(19-13)12-7-5-4-6-8-12/h4-11,15H,1-3H3,(H,18,22). The van der Waals surface area contributed by atoms with E-state index in [1.807, 2.05) is 6.07 Å². The maximum absolute atomic E-state index is 12.4. The zero-order chi connectivity index (χ0) is 17.7. The third kappa shape index (κ3) is 3.87. The van der Waals surface area contributed by atoms with Gasteiger partial charge in [-0.05, 0) is 24.1 Å². The lowest BCUT2D eigenvalue weighted by molar-refractivity contribution is -0.144. The van der Waals surface area contributed by atoms with Crippen molar-refractivity contribution in [3.63, 3.8) is 0 Å². The summed E-state index contributed by atoms with van der Waals surface area (Å²) in [5.74, 6) is -1.24. The van der Waals surface area contributed by atoms with E-state index in [2.05, 4.69) is 10.4 Å². The highest BCUT2D eigenvalue weighted by atomic mass is 16.5. The van der Waals surface area contributed by atoms with Gasteiger partial charge in [0.2, 0.25) is 0 Å². The fourth-order valence-corrected chi connectivity index (χ4v) is 2.13. The SMILES string of the molecule is COC(=O)C(NC(=O)c1ccc(=O)n(-c2ccccc2)n1)C(C)C. The van der Waals surface area contributed by atoms with Crippen LogP contribution in [0.15, 0.2) is 47.3 Å². The van der Waals surface area contributed by atoms with Gasteiger partial charge in [-0.2, -0.15) is 9.78 Å². The molecule has 126 valence electrons. The van der Waals surface area contributed by atoms with Crippen LogP contribution in [-0.2, 0) is 9.53 Å². The third-order valence-electron chi connectivity index (χ3n) is 3.44. The van der Waals surface area contributed by atoms with Crippen LogP contribution in [0.3, 0.4) is 0 Å². The number of benzene rings is 1. The number of nitrogens with zero attached hydrogens (tertiary/aromatic N) is 2. The van der Waals surface area contributed by atoms with Gasteiger partial charge >= 0.3 is 5.97 Å². The molecule has 24 heavy (non-hydrogen) atoms. The fraction of sp³-hybridized carbons (Fsp3) is 0.294. The molecular formula is C17H19N3O4. The number of hydrogen-bond acceptors (Lipinski definition) is 5. The number of hydrogen-bond donors (Lipinski definition) is 1. The van der Waals surface area contributed by atoms with Gasteiger partial charge in [-0.15, -0.1) is 0 Å². The van der Waals surface area contributed by atoms with Crippen LogP contribution in [0.4, 0.5) is 0 Å². The van der Waals surface area contributed by atoms with E-state index in [0.717, 1.165) is 4.68 Å². The average Bonchev–Trinajstić information content (AvgIpc) is 2.59. The lowest BCUT2D eigenvalue weighted by atomic mass is 10.0. The first-order valence-electron chi connectivity index (χ1n) is 7.48. The minimum absolute atomic E-state index is 0.0352. The Balaban J connectivity index is 2.31. The molecule has 0 fully saturated rings. The second-order valence-electron chi connectivity index (χ2n) is 5.52. The van der Waals surface area contributed by atoms with Crippen molar-refractivity contribution in [2.45, 2.75) is 19.9 Å². The summed E-state index contributed by atoms with van der Waals surface area (Å²) in [6.07, 6.45) is 0. The van der Waals surface area contributed by atoms with E-state index in [4.69, 9.17) is 4.74 Å². The van der Waals surface area contributed by atoms with Gasteiger partial charge in [0.25, 0.3) is 11.5 Å². The molecule has 0 radical (unpaired) electrons. The Morgan fingerprint density at radius 2 is 1.79 bits per heavy atom. The molecule has 0 saturated carbocycles. The molecule has 1 aromatic heterocycles. The van der Waals surface area contributed by atoms with E-state index in [0.29, 0.717) is 5.69 Å². The summed E-state index contributed by atoms with van der Waals surface area (Å²) >= 11 is 0. The Morgan fingerprint density at radius 3 is 2.38 bits per heavy atom. The van der Waals surface area contributed by atoms with Crippen molar-refractivity contribution in [2.75, 3.05) is 7.11 Å². The van der Waals surface area contributed by atoms with Crippen LogP contribution in [0.2, 0.25) is 0 Å². The van der Waals surface area contributed by atoms with Gasteiger partial charge in [0, 0.05) is 6.07 Å².